The highest BCUT2D eigenvalue weighted by Gasteiger charge is 2.24. The van der Waals surface area contributed by atoms with Crippen LogP contribution in [-0.4, -0.2) is 42.5 Å². The van der Waals surface area contributed by atoms with Gasteiger partial charge >= 0.3 is 5.97 Å². The van der Waals surface area contributed by atoms with Crippen LogP contribution < -0.4 is 0 Å². The molecule has 4 rings (SSSR count). The predicted octanol–water partition coefficient (Wildman–Crippen LogP) is 3.41. The van der Waals surface area contributed by atoms with Crippen molar-refractivity contribution in [3.05, 3.63) is 65.5 Å². The maximum atomic E-state index is 14.8. The molecular formula is C21H16F2N4O4. The Labute approximate surface area is 174 Å². The number of esters is 1. The average Bonchev–Trinajstić information content (AvgIpc) is 3.14. The fourth-order valence-electron chi connectivity index (χ4n) is 3.14. The van der Waals surface area contributed by atoms with Gasteiger partial charge in [0.2, 0.25) is 0 Å². The van der Waals surface area contributed by atoms with E-state index in [2.05, 4.69) is 15.1 Å². The first-order valence-electron chi connectivity index (χ1n) is 9.24. The highest BCUT2D eigenvalue weighted by molar-refractivity contribution is 5.98. The zero-order valence-corrected chi connectivity index (χ0v) is 16.2. The van der Waals surface area contributed by atoms with Crippen LogP contribution in [0.3, 0.4) is 0 Å². The van der Waals surface area contributed by atoms with Gasteiger partial charge in [0.1, 0.15) is 22.8 Å². The van der Waals surface area contributed by atoms with Gasteiger partial charge in [-0.1, -0.05) is 18.2 Å². The Balaban J connectivity index is 1.87. The number of ether oxygens (including phenoxy) is 1. The molecule has 10 heteroatoms. The number of aromatic hydroxyl groups is 2. The maximum absolute atomic E-state index is 14.8. The van der Waals surface area contributed by atoms with E-state index in [1.165, 1.54) is 30.6 Å². The SMILES string of the molecule is CCOC(=O)c1cnc(-c2nn(Cc3ccccc3F)c3c(F)c(O)cc(O)c23)nc1. The second-order valence-electron chi connectivity index (χ2n) is 6.57. The Morgan fingerprint density at radius 1 is 1.13 bits per heavy atom. The lowest BCUT2D eigenvalue weighted by atomic mass is 10.1. The molecule has 0 atom stereocenters. The van der Waals surface area contributed by atoms with E-state index in [-0.39, 0.29) is 46.7 Å². The number of hydrogen-bond donors (Lipinski definition) is 2. The van der Waals surface area contributed by atoms with Gasteiger partial charge in [-0.15, -0.1) is 0 Å². The van der Waals surface area contributed by atoms with Crippen molar-refractivity contribution in [2.24, 2.45) is 0 Å². The minimum Gasteiger partial charge on any atom is -0.507 e. The summed E-state index contributed by atoms with van der Waals surface area (Å²) in [5.74, 6) is -3.42. The summed E-state index contributed by atoms with van der Waals surface area (Å²) < 4.78 is 34.9. The summed E-state index contributed by atoms with van der Waals surface area (Å²) in [6, 6.07) is 6.73. The Morgan fingerprint density at radius 3 is 2.52 bits per heavy atom. The molecule has 0 unspecified atom stereocenters. The van der Waals surface area contributed by atoms with Crippen molar-refractivity contribution in [1.29, 1.82) is 0 Å². The highest BCUT2D eigenvalue weighted by atomic mass is 19.1. The van der Waals surface area contributed by atoms with Crippen molar-refractivity contribution < 1.29 is 28.5 Å². The number of carbonyl (C=O) groups excluding carboxylic acids is 1. The molecule has 0 saturated carbocycles. The minimum atomic E-state index is -1.04. The van der Waals surface area contributed by atoms with Crippen molar-refractivity contribution in [3.63, 3.8) is 0 Å². The quantitative estimate of drug-likeness (QED) is 0.471. The summed E-state index contributed by atoms with van der Waals surface area (Å²) in [6.07, 6.45) is 2.44. The fourth-order valence-corrected chi connectivity index (χ4v) is 3.14. The van der Waals surface area contributed by atoms with Crippen LogP contribution in [0.15, 0.2) is 42.7 Å². The molecule has 0 saturated heterocycles. The number of benzene rings is 2. The van der Waals surface area contributed by atoms with Crippen LogP contribution in [-0.2, 0) is 11.3 Å². The molecule has 0 bridgehead atoms. The Bertz CT molecular complexity index is 1290. The average molecular weight is 426 g/mol. The molecule has 0 aliphatic heterocycles. The van der Waals surface area contributed by atoms with E-state index in [0.717, 1.165) is 10.7 Å². The van der Waals surface area contributed by atoms with Gasteiger partial charge in [-0.05, 0) is 13.0 Å². The summed E-state index contributed by atoms with van der Waals surface area (Å²) in [4.78, 5) is 20.0. The number of halogens is 2. The van der Waals surface area contributed by atoms with Crippen LogP contribution in [0.5, 0.6) is 11.5 Å². The third kappa shape index (κ3) is 3.63. The lowest BCUT2D eigenvalue weighted by Gasteiger charge is -2.07. The van der Waals surface area contributed by atoms with Crippen LogP contribution in [0.2, 0.25) is 0 Å². The summed E-state index contributed by atoms with van der Waals surface area (Å²) in [5.41, 5.74) is 0.0833. The first kappa shape index (κ1) is 20.2. The molecule has 4 aromatic rings. The van der Waals surface area contributed by atoms with Crippen LogP contribution in [0.4, 0.5) is 8.78 Å². The zero-order valence-electron chi connectivity index (χ0n) is 16.2. The van der Waals surface area contributed by atoms with E-state index in [1.807, 2.05) is 0 Å². The number of nitrogens with zero attached hydrogens (tertiary/aromatic N) is 4. The first-order valence-corrected chi connectivity index (χ1v) is 9.24. The number of rotatable bonds is 5. The predicted molar refractivity (Wildman–Crippen MR) is 106 cm³/mol. The number of aromatic nitrogens is 4. The molecule has 2 N–H and O–H groups in total. The Kier molecular flexibility index (Phi) is 5.20. The van der Waals surface area contributed by atoms with E-state index in [9.17, 15) is 23.8 Å². The third-order valence-electron chi connectivity index (χ3n) is 4.57. The third-order valence-corrected chi connectivity index (χ3v) is 4.57. The topological polar surface area (TPSA) is 110 Å². The van der Waals surface area contributed by atoms with Gasteiger partial charge in [0, 0.05) is 24.0 Å². The second-order valence-corrected chi connectivity index (χ2v) is 6.57. The van der Waals surface area contributed by atoms with Crippen molar-refractivity contribution >= 4 is 16.9 Å². The Morgan fingerprint density at radius 2 is 1.84 bits per heavy atom. The van der Waals surface area contributed by atoms with E-state index in [1.54, 1.807) is 13.0 Å². The van der Waals surface area contributed by atoms with Gasteiger partial charge in [-0.3, -0.25) is 4.68 Å². The number of hydrogen-bond acceptors (Lipinski definition) is 7. The van der Waals surface area contributed by atoms with Gasteiger partial charge in [-0.25, -0.2) is 23.5 Å². The molecule has 0 amide bonds. The monoisotopic (exact) mass is 426 g/mol. The van der Waals surface area contributed by atoms with Gasteiger partial charge < -0.3 is 14.9 Å². The lowest BCUT2D eigenvalue weighted by Crippen LogP contribution is -2.06. The summed E-state index contributed by atoms with van der Waals surface area (Å²) in [7, 11) is 0. The largest absolute Gasteiger partial charge is 0.507 e. The Hall–Kier alpha value is -4.08. The van der Waals surface area contributed by atoms with Gasteiger partial charge in [0.05, 0.1) is 24.1 Å². The molecular weight excluding hydrogens is 410 g/mol. The van der Waals surface area contributed by atoms with Crippen molar-refractivity contribution in [2.75, 3.05) is 6.61 Å². The molecule has 2 aromatic heterocycles. The molecule has 158 valence electrons. The van der Waals surface area contributed by atoms with Gasteiger partial charge in [-0.2, -0.15) is 5.10 Å². The van der Waals surface area contributed by atoms with E-state index in [0.29, 0.717) is 0 Å². The zero-order chi connectivity index (χ0) is 22.1. The summed E-state index contributed by atoms with van der Waals surface area (Å²) >= 11 is 0. The van der Waals surface area contributed by atoms with E-state index in [4.69, 9.17) is 4.74 Å². The molecule has 0 radical (unpaired) electrons. The van der Waals surface area contributed by atoms with Crippen LogP contribution in [0, 0.1) is 11.6 Å². The molecule has 8 nitrogen and oxygen atoms in total. The number of phenols is 2. The minimum absolute atomic E-state index is 0.00171. The molecule has 0 fully saturated rings. The second kappa shape index (κ2) is 7.98. The van der Waals surface area contributed by atoms with Crippen molar-refractivity contribution in [1.82, 2.24) is 19.7 Å². The lowest BCUT2D eigenvalue weighted by molar-refractivity contribution is 0.0525. The fraction of sp³-hybridized carbons (Fsp3) is 0.143. The van der Waals surface area contributed by atoms with Crippen LogP contribution >= 0.6 is 0 Å². The van der Waals surface area contributed by atoms with Gasteiger partial charge in [0.15, 0.2) is 17.4 Å². The molecule has 0 aliphatic carbocycles. The maximum Gasteiger partial charge on any atom is 0.341 e. The van der Waals surface area contributed by atoms with E-state index >= 15 is 0 Å². The summed E-state index contributed by atoms with van der Waals surface area (Å²) in [6.45, 7) is 1.67. The van der Waals surface area contributed by atoms with E-state index < -0.39 is 29.1 Å². The number of phenolic OH excluding ortho intramolecular Hbond substituents is 2. The number of carbonyl (C=O) groups is 1. The standard InChI is InChI=1S/C21H16F2N4O4/c1-2-31-21(30)12-8-24-20(25-9-12)18-16-14(28)7-15(29)17(23)19(16)27(26-18)10-11-5-3-4-6-13(11)22/h3-9,28-29H,2,10H2,1H3. The molecule has 0 spiro atoms. The van der Waals surface area contributed by atoms with Gasteiger partial charge in [0.25, 0.3) is 0 Å². The smallest absolute Gasteiger partial charge is 0.341 e. The first-order chi connectivity index (χ1) is 14.9. The van der Waals surface area contributed by atoms with Crippen molar-refractivity contribution in [2.45, 2.75) is 13.5 Å². The molecule has 2 aromatic carbocycles. The summed E-state index contributed by atoms with van der Waals surface area (Å²) in [5, 5.41) is 24.4. The highest BCUT2D eigenvalue weighted by Crippen LogP contribution is 2.38. The molecule has 0 aliphatic rings. The molecule has 31 heavy (non-hydrogen) atoms. The van der Waals surface area contributed by atoms with Crippen LogP contribution in [0.25, 0.3) is 22.4 Å². The normalized spacial score (nSPS) is 11.1. The number of fused-ring (bicyclic) bond motifs is 1. The van der Waals surface area contributed by atoms with Crippen LogP contribution in [0.1, 0.15) is 22.8 Å². The molecule has 2 heterocycles. The van der Waals surface area contributed by atoms with Crippen molar-refractivity contribution in [3.8, 4) is 23.0 Å².